The Hall–Kier alpha value is -2.22. The van der Waals surface area contributed by atoms with Crippen molar-refractivity contribution >= 4 is 0 Å². The molecule has 0 bridgehead atoms. The van der Waals surface area contributed by atoms with Gasteiger partial charge in [-0.05, 0) is 31.3 Å². The smallest absolute Gasteiger partial charge is 0.120 e. The molecule has 1 aromatic heterocycles. The maximum atomic E-state index is 8.69. The van der Waals surface area contributed by atoms with Crippen molar-refractivity contribution in [2.24, 2.45) is 0 Å². The van der Waals surface area contributed by atoms with Gasteiger partial charge in [-0.1, -0.05) is 17.9 Å². The van der Waals surface area contributed by atoms with E-state index in [4.69, 9.17) is 14.3 Å². The molecule has 0 radical (unpaired) electrons. The fourth-order valence-electron chi connectivity index (χ4n) is 1.90. The normalized spacial score (nSPS) is 10.2. The van der Waals surface area contributed by atoms with E-state index >= 15 is 0 Å². The molecule has 0 aliphatic carbocycles. The van der Waals surface area contributed by atoms with Gasteiger partial charge >= 0.3 is 0 Å². The molecular weight excluding hydrogens is 266 g/mol. The molecule has 0 saturated carbocycles. The number of nitrogens with zero attached hydrogens (tertiary/aromatic N) is 1. The maximum Gasteiger partial charge on any atom is 0.120 e. The number of likely N-dealkylation sites (N-methyl/N-ethyl adjacent to an activating group) is 1. The second-order valence-electron chi connectivity index (χ2n) is 4.71. The molecule has 2 rings (SSSR count). The minimum Gasteiger partial charge on any atom is -0.492 e. The van der Waals surface area contributed by atoms with Crippen molar-refractivity contribution in [2.75, 3.05) is 26.8 Å². The average Bonchev–Trinajstić information content (AvgIpc) is 2.98. The van der Waals surface area contributed by atoms with Crippen molar-refractivity contribution in [1.29, 1.82) is 0 Å². The maximum absolute atomic E-state index is 8.69. The molecule has 4 nitrogen and oxygen atoms in total. The molecule has 1 heterocycles. The standard InChI is InChI=1S/C17H19NO3/c1-18(13-16-7-10-20-14-16)8-11-21-17-6-2-4-15(12-17)5-3-9-19/h2,4,6-7,10,12,14,19H,8-9,11,13H2,1H3. The summed E-state index contributed by atoms with van der Waals surface area (Å²) < 4.78 is 10.8. The van der Waals surface area contributed by atoms with Crippen LogP contribution in [0, 0.1) is 11.8 Å². The lowest BCUT2D eigenvalue weighted by Crippen LogP contribution is -2.23. The first-order valence-corrected chi connectivity index (χ1v) is 6.80. The van der Waals surface area contributed by atoms with Crippen LogP contribution in [0.4, 0.5) is 0 Å². The molecule has 1 aromatic carbocycles. The molecule has 0 atom stereocenters. The lowest BCUT2D eigenvalue weighted by atomic mass is 10.2. The summed E-state index contributed by atoms with van der Waals surface area (Å²) >= 11 is 0. The van der Waals surface area contributed by atoms with E-state index in [9.17, 15) is 0 Å². The molecule has 110 valence electrons. The average molecular weight is 285 g/mol. The summed E-state index contributed by atoms with van der Waals surface area (Å²) in [5, 5.41) is 8.69. The molecule has 0 fully saturated rings. The van der Waals surface area contributed by atoms with Crippen LogP contribution in [-0.4, -0.2) is 36.8 Å². The number of hydrogen-bond donors (Lipinski definition) is 1. The highest BCUT2D eigenvalue weighted by Crippen LogP contribution is 2.12. The number of ether oxygens (including phenoxy) is 1. The first-order chi connectivity index (χ1) is 10.3. The molecule has 0 amide bonds. The van der Waals surface area contributed by atoms with Crippen molar-refractivity contribution < 1.29 is 14.3 Å². The first-order valence-electron chi connectivity index (χ1n) is 6.80. The van der Waals surface area contributed by atoms with E-state index < -0.39 is 0 Å². The Balaban J connectivity index is 1.77. The highest BCUT2D eigenvalue weighted by atomic mass is 16.5. The van der Waals surface area contributed by atoms with Gasteiger partial charge in [0.2, 0.25) is 0 Å². The van der Waals surface area contributed by atoms with Gasteiger partial charge in [0.05, 0.1) is 12.5 Å². The third-order valence-electron chi connectivity index (χ3n) is 2.92. The summed E-state index contributed by atoms with van der Waals surface area (Å²) in [6.07, 6.45) is 3.43. The van der Waals surface area contributed by atoms with Gasteiger partial charge in [-0.15, -0.1) is 0 Å². The van der Waals surface area contributed by atoms with Crippen molar-refractivity contribution in [3.8, 4) is 17.6 Å². The van der Waals surface area contributed by atoms with Gasteiger partial charge < -0.3 is 14.3 Å². The van der Waals surface area contributed by atoms with Crippen molar-refractivity contribution in [3.05, 3.63) is 54.0 Å². The van der Waals surface area contributed by atoms with Crippen molar-refractivity contribution in [1.82, 2.24) is 4.90 Å². The number of aliphatic hydroxyl groups is 1. The van der Waals surface area contributed by atoms with E-state index in [-0.39, 0.29) is 6.61 Å². The van der Waals surface area contributed by atoms with Crippen LogP contribution in [0.5, 0.6) is 5.75 Å². The summed E-state index contributed by atoms with van der Waals surface area (Å²) in [5.41, 5.74) is 1.99. The van der Waals surface area contributed by atoms with E-state index in [0.717, 1.165) is 30.0 Å². The minimum atomic E-state index is -0.135. The fraction of sp³-hybridized carbons (Fsp3) is 0.294. The summed E-state index contributed by atoms with van der Waals surface area (Å²) in [6, 6.07) is 9.52. The molecular formula is C17H19NO3. The number of hydrogen-bond acceptors (Lipinski definition) is 4. The Labute approximate surface area is 125 Å². The predicted molar refractivity (Wildman–Crippen MR) is 80.9 cm³/mol. The third kappa shape index (κ3) is 5.35. The zero-order chi connectivity index (χ0) is 14.9. The zero-order valence-electron chi connectivity index (χ0n) is 12.1. The van der Waals surface area contributed by atoms with Crippen LogP contribution in [0.25, 0.3) is 0 Å². The lowest BCUT2D eigenvalue weighted by Gasteiger charge is -2.16. The summed E-state index contributed by atoms with van der Waals surface area (Å²) in [5.74, 6) is 6.27. The summed E-state index contributed by atoms with van der Waals surface area (Å²) in [7, 11) is 2.04. The van der Waals surface area contributed by atoms with Crippen molar-refractivity contribution in [3.63, 3.8) is 0 Å². The van der Waals surface area contributed by atoms with Gasteiger partial charge in [0.15, 0.2) is 0 Å². The van der Waals surface area contributed by atoms with E-state index in [2.05, 4.69) is 16.7 Å². The zero-order valence-corrected chi connectivity index (χ0v) is 12.1. The third-order valence-corrected chi connectivity index (χ3v) is 2.92. The fourth-order valence-corrected chi connectivity index (χ4v) is 1.90. The van der Waals surface area contributed by atoms with Gasteiger partial charge in [0.1, 0.15) is 19.0 Å². The molecule has 0 saturated heterocycles. The minimum absolute atomic E-state index is 0.135. The monoisotopic (exact) mass is 285 g/mol. The lowest BCUT2D eigenvalue weighted by molar-refractivity contribution is 0.232. The molecule has 2 aromatic rings. The molecule has 0 aliphatic rings. The van der Waals surface area contributed by atoms with Crippen LogP contribution < -0.4 is 4.74 Å². The van der Waals surface area contributed by atoms with E-state index in [0.29, 0.717) is 6.61 Å². The predicted octanol–water partition coefficient (Wildman–Crippen LogP) is 2.13. The molecule has 0 unspecified atom stereocenters. The summed E-state index contributed by atoms with van der Waals surface area (Å²) in [4.78, 5) is 2.17. The highest BCUT2D eigenvalue weighted by Gasteiger charge is 2.02. The number of furan rings is 1. The van der Waals surface area contributed by atoms with Gasteiger partial charge in [0.25, 0.3) is 0 Å². The topological polar surface area (TPSA) is 45.8 Å². The van der Waals surface area contributed by atoms with E-state index in [1.165, 1.54) is 0 Å². The number of aliphatic hydroxyl groups excluding tert-OH is 1. The van der Waals surface area contributed by atoms with Crippen LogP contribution in [0.1, 0.15) is 11.1 Å². The van der Waals surface area contributed by atoms with Crippen molar-refractivity contribution in [2.45, 2.75) is 6.54 Å². The second-order valence-corrected chi connectivity index (χ2v) is 4.71. The largest absolute Gasteiger partial charge is 0.492 e. The van der Waals surface area contributed by atoms with Crippen LogP contribution in [0.2, 0.25) is 0 Å². The quantitative estimate of drug-likeness (QED) is 0.826. The summed E-state index contributed by atoms with van der Waals surface area (Å²) in [6.45, 7) is 2.12. The van der Waals surface area contributed by atoms with Crippen LogP contribution in [0.15, 0.2) is 47.3 Å². The Kier molecular flexibility index (Phi) is 5.89. The van der Waals surface area contributed by atoms with Gasteiger partial charge in [-0.25, -0.2) is 0 Å². The molecule has 21 heavy (non-hydrogen) atoms. The van der Waals surface area contributed by atoms with Crippen LogP contribution in [-0.2, 0) is 6.54 Å². The Morgan fingerprint density at radius 1 is 1.33 bits per heavy atom. The SMILES string of the molecule is CN(CCOc1cccc(C#CCO)c1)Cc1ccoc1. The molecule has 4 heteroatoms. The molecule has 1 N–H and O–H groups in total. The van der Waals surface area contributed by atoms with Gasteiger partial charge in [-0.2, -0.15) is 0 Å². The Morgan fingerprint density at radius 2 is 2.24 bits per heavy atom. The first kappa shape index (κ1) is 15.2. The van der Waals surface area contributed by atoms with Crippen LogP contribution >= 0.6 is 0 Å². The van der Waals surface area contributed by atoms with Gasteiger partial charge in [0, 0.05) is 24.2 Å². The number of benzene rings is 1. The second kappa shape index (κ2) is 8.15. The van der Waals surface area contributed by atoms with E-state index in [1.54, 1.807) is 12.5 Å². The molecule has 0 aliphatic heterocycles. The van der Waals surface area contributed by atoms with E-state index in [1.807, 2.05) is 37.4 Å². The number of rotatable bonds is 6. The molecule has 0 spiro atoms. The highest BCUT2D eigenvalue weighted by molar-refractivity contribution is 5.39. The van der Waals surface area contributed by atoms with Gasteiger partial charge in [-0.3, -0.25) is 4.90 Å². The van der Waals surface area contributed by atoms with Crippen LogP contribution in [0.3, 0.4) is 0 Å². The Bertz CT molecular complexity index is 596. The Morgan fingerprint density at radius 3 is 3.00 bits per heavy atom.